The van der Waals surface area contributed by atoms with Crippen LogP contribution in [-0.4, -0.2) is 39.2 Å². The Morgan fingerprint density at radius 1 is 1.07 bits per heavy atom. The number of ether oxygens (including phenoxy) is 2. The number of esters is 1. The maximum Gasteiger partial charge on any atom is 0.345 e. The number of rotatable bonds is 6. The van der Waals surface area contributed by atoms with E-state index in [1.165, 1.54) is 19.6 Å². The summed E-state index contributed by atoms with van der Waals surface area (Å²) in [4.78, 5) is 16.2. The average molecular weight is 399 g/mol. The number of hydrogen-bond donors (Lipinski definition) is 0. The summed E-state index contributed by atoms with van der Waals surface area (Å²) >= 11 is 0. The molecule has 2 heterocycles. The van der Waals surface area contributed by atoms with E-state index in [9.17, 15) is 4.79 Å². The summed E-state index contributed by atoms with van der Waals surface area (Å²) < 4.78 is 12.4. The number of carbonyl (C=O) groups excluding carboxylic acids is 1. The van der Waals surface area contributed by atoms with Crippen molar-refractivity contribution in [2.45, 2.75) is 0 Å². The molecule has 0 aliphatic rings. The second-order valence-electron chi connectivity index (χ2n) is 6.15. The fraction of sp³-hybridized carbons (Fsp3) is 0.0455. The molecule has 0 saturated heterocycles. The van der Waals surface area contributed by atoms with Crippen LogP contribution >= 0.6 is 0 Å². The van der Waals surface area contributed by atoms with Crippen LogP contribution in [0.4, 0.5) is 0 Å². The summed E-state index contributed by atoms with van der Waals surface area (Å²) in [6.45, 7) is 0. The Morgan fingerprint density at radius 3 is 2.70 bits per heavy atom. The van der Waals surface area contributed by atoms with Gasteiger partial charge in [-0.15, -0.1) is 10.2 Å². The standard InChI is InChI=1S/C22H17N5O3/c1-29-20-12-16(9-10-19(20)30-22(28)18-8-5-11-23-14-18)13-25-27-15-24-26-21(27)17-6-3-2-4-7-17/h2-15H,1H3/b25-13-. The minimum Gasteiger partial charge on any atom is -0.493 e. The second-order valence-corrected chi connectivity index (χ2v) is 6.15. The van der Waals surface area contributed by atoms with Crippen LogP contribution < -0.4 is 9.47 Å². The molecule has 0 radical (unpaired) electrons. The summed E-state index contributed by atoms with van der Waals surface area (Å²) in [7, 11) is 1.50. The molecule has 0 unspecified atom stereocenters. The van der Waals surface area contributed by atoms with Gasteiger partial charge < -0.3 is 9.47 Å². The van der Waals surface area contributed by atoms with Gasteiger partial charge in [0, 0.05) is 18.0 Å². The Labute approximate surface area is 172 Å². The largest absolute Gasteiger partial charge is 0.493 e. The van der Waals surface area contributed by atoms with Gasteiger partial charge in [-0.3, -0.25) is 4.98 Å². The number of hydrogen-bond acceptors (Lipinski definition) is 7. The van der Waals surface area contributed by atoms with Crippen LogP contribution in [0.3, 0.4) is 0 Å². The van der Waals surface area contributed by atoms with E-state index in [1.807, 2.05) is 30.3 Å². The van der Waals surface area contributed by atoms with Crippen molar-refractivity contribution in [3.05, 3.63) is 90.5 Å². The van der Waals surface area contributed by atoms with Crippen LogP contribution in [0.2, 0.25) is 0 Å². The number of carbonyl (C=O) groups is 1. The molecule has 0 atom stereocenters. The molecule has 0 N–H and O–H groups in total. The van der Waals surface area contributed by atoms with E-state index in [2.05, 4.69) is 20.3 Å². The Bertz CT molecular complexity index is 1170. The van der Waals surface area contributed by atoms with Crippen LogP contribution in [0.25, 0.3) is 11.4 Å². The predicted octanol–water partition coefficient (Wildman–Crippen LogP) is 3.45. The molecular weight excluding hydrogens is 382 g/mol. The first-order valence-electron chi connectivity index (χ1n) is 9.04. The maximum atomic E-state index is 12.3. The zero-order valence-electron chi connectivity index (χ0n) is 16.0. The summed E-state index contributed by atoms with van der Waals surface area (Å²) in [6, 6.07) is 18.1. The van der Waals surface area contributed by atoms with Crippen molar-refractivity contribution < 1.29 is 14.3 Å². The molecule has 0 aliphatic carbocycles. The molecular formula is C22H17N5O3. The van der Waals surface area contributed by atoms with E-state index < -0.39 is 5.97 Å². The SMILES string of the molecule is COc1cc(/C=N\n2cnnc2-c2ccccc2)ccc1OC(=O)c1cccnc1. The van der Waals surface area contributed by atoms with Crippen molar-refractivity contribution in [2.24, 2.45) is 5.10 Å². The number of pyridine rings is 1. The Balaban J connectivity index is 1.54. The van der Waals surface area contributed by atoms with Gasteiger partial charge in [-0.05, 0) is 35.9 Å². The minimum atomic E-state index is -0.514. The zero-order chi connectivity index (χ0) is 20.8. The van der Waals surface area contributed by atoms with E-state index in [4.69, 9.17) is 9.47 Å². The molecule has 2 aromatic heterocycles. The van der Waals surface area contributed by atoms with E-state index in [0.29, 0.717) is 22.9 Å². The molecule has 0 spiro atoms. The van der Waals surface area contributed by atoms with E-state index >= 15 is 0 Å². The molecule has 0 saturated carbocycles. The van der Waals surface area contributed by atoms with Crippen LogP contribution in [-0.2, 0) is 0 Å². The highest BCUT2D eigenvalue weighted by atomic mass is 16.6. The molecule has 0 aliphatic heterocycles. The third kappa shape index (κ3) is 4.22. The van der Waals surface area contributed by atoms with Crippen molar-refractivity contribution in [1.29, 1.82) is 0 Å². The lowest BCUT2D eigenvalue weighted by Crippen LogP contribution is -2.09. The Hall–Kier alpha value is -4.33. The first kappa shape index (κ1) is 19.0. The molecule has 148 valence electrons. The number of aromatic nitrogens is 4. The summed E-state index contributed by atoms with van der Waals surface area (Å²) in [5.74, 6) is 0.821. The van der Waals surface area contributed by atoms with E-state index in [0.717, 1.165) is 11.1 Å². The normalized spacial score (nSPS) is 10.8. The molecule has 8 nitrogen and oxygen atoms in total. The first-order valence-corrected chi connectivity index (χ1v) is 9.04. The molecule has 30 heavy (non-hydrogen) atoms. The van der Waals surface area contributed by atoms with Crippen molar-refractivity contribution in [3.63, 3.8) is 0 Å². The van der Waals surface area contributed by atoms with Gasteiger partial charge in [-0.2, -0.15) is 9.78 Å². The quantitative estimate of drug-likeness (QED) is 0.280. The molecule has 2 aromatic carbocycles. The lowest BCUT2D eigenvalue weighted by molar-refractivity contribution is 0.0729. The highest BCUT2D eigenvalue weighted by Crippen LogP contribution is 2.28. The average Bonchev–Trinajstić information content (AvgIpc) is 3.28. The molecule has 0 amide bonds. The highest BCUT2D eigenvalue weighted by Gasteiger charge is 2.13. The van der Waals surface area contributed by atoms with Crippen molar-refractivity contribution in [1.82, 2.24) is 19.9 Å². The van der Waals surface area contributed by atoms with Gasteiger partial charge in [0.15, 0.2) is 17.3 Å². The monoisotopic (exact) mass is 399 g/mol. The van der Waals surface area contributed by atoms with Gasteiger partial charge in [-0.25, -0.2) is 4.79 Å². The van der Waals surface area contributed by atoms with Gasteiger partial charge in [-0.1, -0.05) is 30.3 Å². The van der Waals surface area contributed by atoms with E-state index in [1.54, 1.807) is 47.4 Å². The molecule has 8 heteroatoms. The number of benzene rings is 2. The lowest BCUT2D eigenvalue weighted by atomic mass is 10.2. The zero-order valence-corrected chi connectivity index (χ0v) is 16.0. The van der Waals surface area contributed by atoms with Crippen molar-refractivity contribution in [3.8, 4) is 22.9 Å². The van der Waals surface area contributed by atoms with Crippen molar-refractivity contribution >= 4 is 12.2 Å². The third-order valence-electron chi connectivity index (χ3n) is 4.18. The topological polar surface area (TPSA) is 91.5 Å². The van der Waals surface area contributed by atoms with Crippen LogP contribution in [0.1, 0.15) is 15.9 Å². The Kier molecular flexibility index (Phi) is 5.56. The molecule has 0 fully saturated rings. The smallest absolute Gasteiger partial charge is 0.345 e. The molecule has 4 rings (SSSR count). The van der Waals surface area contributed by atoms with Gasteiger partial charge in [0.25, 0.3) is 0 Å². The Morgan fingerprint density at radius 2 is 1.93 bits per heavy atom. The van der Waals surface area contributed by atoms with E-state index in [-0.39, 0.29) is 0 Å². The van der Waals surface area contributed by atoms with Gasteiger partial charge in [0.1, 0.15) is 6.33 Å². The van der Waals surface area contributed by atoms with Crippen molar-refractivity contribution in [2.75, 3.05) is 7.11 Å². The predicted molar refractivity (Wildman–Crippen MR) is 111 cm³/mol. The van der Waals surface area contributed by atoms with Crippen LogP contribution in [0.15, 0.2) is 84.5 Å². The second kappa shape index (κ2) is 8.78. The van der Waals surface area contributed by atoms with Gasteiger partial charge in [0.2, 0.25) is 0 Å². The van der Waals surface area contributed by atoms with Crippen LogP contribution in [0.5, 0.6) is 11.5 Å². The fourth-order valence-electron chi connectivity index (χ4n) is 2.71. The van der Waals surface area contributed by atoms with Crippen LogP contribution in [0, 0.1) is 0 Å². The fourth-order valence-corrected chi connectivity index (χ4v) is 2.71. The first-order chi connectivity index (χ1) is 14.7. The highest BCUT2D eigenvalue weighted by molar-refractivity contribution is 5.91. The number of nitrogens with zero attached hydrogens (tertiary/aromatic N) is 5. The number of methoxy groups -OCH3 is 1. The van der Waals surface area contributed by atoms with Gasteiger partial charge in [0.05, 0.1) is 18.9 Å². The lowest BCUT2D eigenvalue weighted by Gasteiger charge is -2.09. The molecule has 0 bridgehead atoms. The summed E-state index contributed by atoms with van der Waals surface area (Å²) in [5, 5.41) is 12.5. The summed E-state index contributed by atoms with van der Waals surface area (Å²) in [6.07, 6.45) is 6.20. The third-order valence-corrected chi connectivity index (χ3v) is 4.18. The summed E-state index contributed by atoms with van der Waals surface area (Å²) in [5.41, 5.74) is 2.01. The minimum absolute atomic E-state index is 0.303. The maximum absolute atomic E-state index is 12.3. The van der Waals surface area contributed by atoms with Gasteiger partial charge >= 0.3 is 5.97 Å². The molecule has 4 aromatic rings.